The Hall–Kier alpha value is -1.59. The Morgan fingerprint density at radius 3 is 1.88 bits per heavy atom. The second-order valence-corrected chi connectivity index (χ2v) is 4.42. The zero-order chi connectivity index (χ0) is 13.0. The molecule has 0 atom stereocenters. The van der Waals surface area contributed by atoms with Gasteiger partial charge in [-0.05, 0) is 6.92 Å². The van der Waals surface area contributed by atoms with Crippen LogP contribution in [-0.4, -0.2) is 72.7 Å². The summed E-state index contributed by atoms with van der Waals surface area (Å²) < 4.78 is 0. The average Bonchev–Trinajstić information content (AvgIpc) is 2.27. The maximum absolute atomic E-state index is 11.6. The number of hydrogen-bond acceptors (Lipinski definition) is 3. The Kier molecular flexibility index (Phi) is 4.48. The van der Waals surface area contributed by atoms with Gasteiger partial charge < -0.3 is 14.7 Å². The lowest BCUT2D eigenvalue weighted by atomic mass is 10.2. The van der Waals surface area contributed by atoms with Gasteiger partial charge in [-0.15, -0.1) is 0 Å². The summed E-state index contributed by atoms with van der Waals surface area (Å²) in [4.78, 5) is 39.0. The van der Waals surface area contributed by atoms with E-state index in [1.165, 1.54) is 11.8 Å². The van der Waals surface area contributed by atoms with Crippen molar-refractivity contribution in [3.63, 3.8) is 0 Å². The smallest absolute Gasteiger partial charge is 0.319 e. The van der Waals surface area contributed by atoms with E-state index in [4.69, 9.17) is 0 Å². The van der Waals surface area contributed by atoms with Crippen molar-refractivity contribution in [2.45, 2.75) is 13.3 Å². The highest BCUT2D eigenvalue weighted by Crippen LogP contribution is 2.05. The number of ketones is 1. The molecule has 1 aliphatic heterocycles. The van der Waals surface area contributed by atoms with Crippen LogP contribution in [0, 0.1) is 0 Å². The van der Waals surface area contributed by atoms with Crippen molar-refractivity contribution in [2.24, 2.45) is 0 Å². The molecule has 0 bridgehead atoms. The summed E-state index contributed by atoms with van der Waals surface area (Å²) in [6, 6.07) is -0.0383. The maximum Gasteiger partial charge on any atom is 0.319 e. The van der Waals surface area contributed by atoms with Crippen molar-refractivity contribution in [2.75, 3.05) is 40.3 Å². The zero-order valence-corrected chi connectivity index (χ0v) is 10.6. The lowest BCUT2D eigenvalue weighted by molar-refractivity contribution is -0.136. The Morgan fingerprint density at radius 1 is 1.00 bits per heavy atom. The SMILES string of the molecule is CC(=O)CC(=O)N1CCN(C(=O)N(C)C)CC1. The van der Waals surface area contributed by atoms with Crippen LogP contribution >= 0.6 is 0 Å². The van der Waals surface area contributed by atoms with Gasteiger partial charge in [-0.1, -0.05) is 0 Å². The first-order valence-corrected chi connectivity index (χ1v) is 5.65. The van der Waals surface area contributed by atoms with Crippen molar-refractivity contribution < 1.29 is 14.4 Å². The molecule has 1 saturated heterocycles. The number of rotatable bonds is 2. The third-order valence-corrected chi connectivity index (χ3v) is 2.69. The van der Waals surface area contributed by atoms with Gasteiger partial charge in [0.05, 0.1) is 6.42 Å². The molecule has 0 aromatic heterocycles. The van der Waals surface area contributed by atoms with Gasteiger partial charge >= 0.3 is 6.03 Å². The van der Waals surface area contributed by atoms with Crippen molar-refractivity contribution >= 4 is 17.7 Å². The average molecular weight is 241 g/mol. The Labute approximate surface area is 101 Å². The highest BCUT2D eigenvalue weighted by atomic mass is 16.2. The van der Waals surface area contributed by atoms with E-state index in [1.807, 2.05) is 0 Å². The molecule has 1 aliphatic rings. The first kappa shape index (κ1) is 13.5. The van der Waals surface area contributed by atoms with E-state index in [2.05, 4.69) is 0 Å². The molecule has 1 fully saturated rings. The second-order valence-electron chi connectivity index (χ2n) is 4.42. The Morgan fingerprint density at radius 2 is 1.47 bits per heavy atom. The molecule has 96 valence electrons. The molecule has 6 heteroatoms. The van der Waals surface area contributed by atoms with Crippen LogP contribution in [-0.2, 0) is 9.59 Å². The summed E-state index contributed by atoms with van der Waals surface area (Å²) >= 11 is 0. The Bertz CT molecular complexity index is 320. The van der Waals surface area contributed by atoms with Gasteiger partial charge in [-0.25, -0.2) is 4.79 Å². The summed E-state index contributed by atoms with van der Waals surface area (Å²) in [7, 11) is 3.41. The second kappa shape index (κ2) is 5.65. The number of carbonyl (C=O) groups excluding carboxylic acids is 3. The van der Waals surface area contributed by atoms with Crippen LogP contribution in [0.1, 0.15) is 13.3 Å². The van der Waals surface area contributed by atoms with E-state index in [9.17, 15) is 14.4 Å². The van der Waals surface area contributed by atoms with Gasteiger partial charge in [0.15, 0.2) is 0 Å². The van der Waals surface area contributed by atoms with E-state index in [1.54, 1.807) is 23.9 Å². The third-order valence-electron chi connectivity index (χ3n) is 2.69. The fraction of sp³-hybridized carbons (Fsp3) is 0.727. The van der Waals surface area contributed by atoms with Crippen LogP contribution in [0.25, 0.3) is 0 Å². The molecule has 6 nitrogen and oxygen atoms in total. The van der Waals surface area contributed by atoms with Crippen molar-refractivity contribution in [3.05, 3.63) is 0 Å². The minimum atomic E-state index is -0.144. The van der Waals surface area contributed by atoms with Gasteiger partial charge in [0.2, 0.25) is 5.91 Å². The number of piperazine rings is 1. The lowest BCUT2D eigenvalue weighted by Gasteiger charge is -2.35. The van der Waals surface area contributed by atoms with E-state index in [0.29, 0.717) is 26.2 Å². The van der Waals surface area contributed by atoms with Crippen LogP contribution in [0.4, 0.5) is 4.79 Å². The Balaban J connectivity index is 2.43. The van der Waals surface area contributed by atoms with Crippen LogP contribution in [0.15, 0.2) is 0 Å². The molecule has 1 heterocycles. The number of urea groups is 1. The summed E-state index contributed by atoms with van der Waals surface area (Å²) in [5.74, 6) is -0.267. The minimum absolute atomic E-state index is 0.0383. The minimum Gasteiger partial charge on any atom is -0.339 e. The number of carbonyl (C=O) groups is 3. The molecule has 0 saturated carbocycles. The largest absolute Gasteiger partial charge is 0.339 e. The topological polar surface area (TPSA) is 60.9 Å². The highest BCUT2D eigenvalue weighted by Gasteiger charge is 2.25. The molecule has 0 unspecified atom stereocenters. The number of hydrogen-bond donors (Lipinski definition) is 0. The molecular formula is C11H19N3O3. The van der Waals surface area contributed by atoms with Gasteiger partial charge in [-0.2, -0.15) is 0 Å². The maximum atomic E-state index is 11.6. The predicted octanol–water partition coefficient (Wildman–Crippen LogP) is -0.209. The number of amides is 3. The van der Waals surface area contributed by atoms with Crippen LogP contribution in [0.2, 0.25) is 0 Å². The van der Waals surface area contributed by atoms with Crippen molar-refractivity contribution in [1.82, 2.24) is 14.7 Å². The molecule has 0 N–H and O–H groups in total. The van der Waals surface area contributed by atoms with Gasteiger partial charge in [0.25, 0.3) is 0 Å². The molecule has 0 aromatic rings. The standard InChI is InChI=1S/C11H19N3O3/c1-9(15)8-10(16)13-4-6-14(7-5-13)11(17)12(2)3/h4-8H2,1-3H3. The van der Waals surface area contributed by atoms with E-state index in [0.717, 1.165) is 0 Å². The zero-order valence-electron chi connectivity index (χ0n) is 10.6. The molecule has 17 heavy (non-hydrogen) atoms. The van der Waals surface area contributed by atoms with E-state index < -0.39 is 0 Å². The van der Waals surface area contributed by atoms with Gasteiger partial charge in [0, 0.05) is 40.3 Å². The molecule has 1 rings (SSSR count). The summed E-state index contributed by atoms with van der Waals surface area (Å²) in [5, 5.41) is 0. The quantitative estimate of drug-likeness (QED) is 0.629. The number of nitrogens with zero attached hydrogens (tertiary/aromatic N) is 3. The molecule has 0 aliphatic carbocycles. The van der Waals surface area contributed by atoms with Crippen molar-refractivity contribution in [3.8, 4) is 0 Å². The molecular weight excluding hydrogens is 222 g/mol. The first-order chi connectivity index (χ1) is 7.91. The summed E-state index contributed by atoms with van der Waals surface area (Å²) in [6.45, 7) is 3.47. The summed E-state index contributed by atoms with van der Waals surface area (Å²) in [6.07, 6.45) is -0.0401. The van der Waals surface area contributed by atoms with E-state index in [-0.39, 0.29) is 24.1 Å². The van der Waals surface area contributed by atoms with Crippen LogP contribution in [0.5, 0.6) is 0 Å². The van der Waals surface area contributed by atoms with Crippen LogP contribution < -0.4 is 0 Å². The monoisotopic (exact) mass is 241 g/mol. The molecule has 0 radical (unpaired) electrons. The third kappa shape index (κ3) is 3.72. The lowest BCUT2D eigenvalue weighted by Crippen LogP contribution is -2.53. The van der Waals surface area contributed by atoms with Gasteiger partial charge in [-0.3, -0.25) is 9.59 Å². The van der Waals surface area contributed by atoms with Crippen LogP contribution in [0.3, 0.4) is 0 Å². The fourth-order valence-electron chi connectivity index (χ4n) is 1.75. The molecule has 0 aromatic carbocycles. The molecule has 3 amide bonds. The highest BCUT2D eigenvalue weighted by molar-refractivity contribution is 5.96. The normalized spacial score (nSPS) is 15.7. The predicted molar refractivity (Wildman–Crippen MR) is 62.5 cm³/mol. The molecule has 0 spiro atoms. The first-order valence-electron chi connectivity index (χ1n) is 5.65. The number of Topliss-reactive ketones (excluding diaryl/α,β-unsaturated/α-hetero) is 1. The fourth-order valence-corrected chi connectivity index (χ4v) is 1.75. The van der Waals surface area contributed by atoms with Crippen molar-refractivity contribution in [1.29, 1.82) is 0 Å². The summed E-state index contributed by atoms with van der Waals surface area (Å²) in [5.41, 5.74) is 0. The van der Waals surface area contributed by atoms with E-state index >= 15 is 0 Å². The van der Waals surface area contributed by atoms with Gasteiger partial charge in [0.1, 0.15) is 5.78 Å².